The molecule has 2 nitrogen and oxygen atoms in total. The molecule has 1 saturated heterocycles. The molecular weight excluding hydrogens is 293 g/mol. The van der Waals surface area contributed by atoms with Gasteiger partial charge in [0, 0.05) is 10.6 Å². The highest BCUT2D eigenvalue weighted by atomic mass is 35.5. The molecule has 1 atom stereocenters. The van der Waals surface area contributed by atoms with E-state index in [1.54, 1.807) is 12.1 Å². The number of hydrogen-bond acceptors (Lipinski definition) is 2. The lowest BCUT2D eigenvalue weighted by molar-refractivity contribution is 0.0835. The maximum absolute atomic E-state index is 12.7. The van der Waals surface area contributed by atoms with Gasteiger partial charge in [0.25, 0.3) is 0 Å². The van der Waals surface area contributed by atoms with E-state index in [-0.39, 0.29) is 24.2 Å². The van der Waals surface area contributed by atoms with Crippen molar-refractivity contribution in [3.63, 3.8) is 0 Å². The van der Waals surface area contributed by atoms with Gasteiger partial charge in [0.15, 0.2) is 5.78 Å². The number of benzene rings is 1. The summed E-state index contributed by atoms with van der Waals surface area (Å²) in [7, 11) is 0. The van der Waals surface area contributed by atoms with Crippen LogP contribution in [0.2, 0.25) is 5.02 Å². The molecule has 1 aromatic carbocycles. The van der Waals surface area contributed by atoms with Gasteiger partial charge in [-0.25, -0.2) is 0 Å². The standard InChI is InChI=1S/C16H22ClNO.ClH/c1-2-3-6-15(18-11-4-5-12-18)16(19)13-7-9-14(17)10-8-13;/h7-10,15H,2-6,11-12H2,1H3;1H. The molecule has 4 heteroatoms. The zero-order valence-electron chi connectivity index (χ0n) is 12.0. The number of likely N-dealkylation sites (tertiary alicyclic amines) is 1. The van der Waals surface area contributed by atoms with Crippen LogP contribution < -0.4 is 0 Å². The molecule has 2 rings (SSSR count). The van der Waals surface area contributed by atoms with Crippen LogP contribution in [0, 0.1) is 0 Å². The van der Waals surface area contributed by atoms with Gasteiger partial charge in [-0.3, -0.25) is 9.69 Å². The van der Waals surface area contributed by atoms with E-state index in [0.29, 0.717) is 5.02 Å². The number of nitrogens with zero attached hydrogens (tertiary/aromatic N) is 1. The van der Waals surface area contributed by atoms with Crippen molar-refractivity contribution in [2.24, 2.45) is 0 Å². The topological polar surface area (TPSA) is 20.3 Å². The second kappa shape index (κ2) is 8.66. The zero-order chi connectivity index (χ0) is 13.7. The molecule has 0 N–H and O–H groups in total. The molecule has 1 aromatic rings. The first-order valence-corrected chi connectivity index (χ1v) is 7.64. The molecule has 0 aromatic heterocycles. The zero-order valence-corrected chi connectivity index (χ0v) is 13.6. The number of Topliss-reactive ketones (excluding diaryl/α,β-unsaturated/α-hetero) is 1. The molecular formula is C16H23Cl2NO. The number of ketones is 1. The minimum atomic E-state index is 0. The maximum atomic E-state index is 12.7. The van der Waals surface area contributed by atoms with Crippen LogP contribution in [0.5, 0.6) is 0 Å². The fourth-order valence-electron chi connectivity index (χ4n) is 2.74. The Hall–Kier alpha value is -0.570. The van der Waals surface area contributed by atoms with E-state index in [4.69, 9.17) is 11.6 Å². The van der Waals surface area contributed by atoms with E-state index >= 15 is 0 Å². The Morgan fingerprint density at radius 1 is 1.25 bits per heavy atom. The minimum absolute atomic E-state index is 0. The van der Waals surface area contributed by atoms with E-state index < -0.39 is 0 Å². The Bertz CT molecular complexity index is 413. The number of unbranched alkanes of at least 4 members (excludes halogenated alkanes) is 1. The summed E-state index contributed by atoms with van der Waals surface area (Å²) < 4.78 is 0. The Labute approximate surface area is 132 Å². The lowest BCUT2D eigenvalue weighted by Crippen LogP contribution is -2.39. The van der Waals surface area contributed by atoms with E-state index in [1.807, 2.05) is 12.1 Å². The summed E-state index contributed by atoms with van der Waals surface area (Å²) in [4.78, 5) is 15.0. The van der Waals surface area contributed by atoms with Crippen LogP contribution in [-0.2, 0) is 0 Å². The highest BCUT2D eigenvalue weighted by molar-refractivity contribution is 6.30. The van der Waals surface area contributed by atoms with E-state index in [1.165, 1.54) is 12.8 Å². The summed E-state index contributed by atoms with van der Waals surface area (Å²) in [5, 5.41) is 0.683. The third-order valence-corrected chi connectivity index (χ3v) is 4.10. The fourth-order valence-corrected chi connectivity index (χ4v) is 2.86. The molecule has 0 spiro atoms. The van der Waals surface area contributed by atoms with E-state index in [9.17, 15) is 4.79 Å². The molecule has 20 heavy (non-hydrogen) atoms. The number of halogens is 2. The number of carbonyl (C=O) groups excluding carboxylic acids is 1. The maximum Gasteiger partial charge on any atom is 0.179 e. The number of carbonyl (C=O) groups is 1. The molecule has 112 valence electrons. The van der Waals surface area contributed by atoms with Gasteiger partial charge in [-0.2, -0.15) is 0 Å². The number of hydrogen-bond donors (Lipinski definition) is 0. The van der Waals surface area contributed by atoms with Crippen molar-refractivity contribution in [2.75, 3.05) is 13.1 Å². The molecule has 0 bridgehead atoms. The SMILES string of the molecule is CCCCC(C(=O)c1ccc(Cl)cc1)N1CCCC1.Cl. The van der Waals surface area contributed by atoms with Crippen molar-refractivity contribution in [1.82, 2.24) is 4.90 Å². The Morgan fingerprint density at radius 3 is 2.40 bits per heavy atom. The van der Waals surface area contributed by atoms with Crippen LogP contribution >= 0.6 is 24.0 Å². The lowest BCUT2D eigenvalue weighted by atomic mass is 9.98. The summed E-state index contributed by atoms with van der Waals surface area (Å²) in [5.41, 5.74) is 0.789. The van der Waals surface area contributed by atoms with Gasteiger partial charge in [0.05, 0.1) is 6.04 Å². The second-order valence-electron chi connectivity index (χ2n) is 5.27. The van der Waals surface area contributed by atoms with Gasteiger partial charge in [-0.05, 0) is 56.6 Å². The van der Waals surface area contributed by atoms with Crippen LogP contribution in [0.3, 0.4) is 0 Å². The van der Waals surface area contributed by atoms with Gasteiger partial charge >= 0.3 is 0 Å². The van der Waals surface area contributed by atoms with Gasteiger partial charge in [-0.1, -0.05) is 31.4 Å². The van der Waals surface area contributed by atoms with Crippen LogP contribution in [-0.4, -0.2) is 29.8 Å². The van der Waals surface area contributed by atoms with Gasteiger partial charge < -0.3 is 0 Å². The first-order chi connectivity index (χ1) is 9.22. The minimum Gasteiger partial charge on any atom is -0.293 e. The van der Waals surface area contributed by atoms with E-state index in [2.05, 4.69) is 11.8 Å². The van der Waals surface area contributed by atoms with Crippen molar-refractivity contribution < 1.29 is 4.79 Å². The molecule has 0 radical (unpaired) electrons. The average molecular weight is 316 g/mol. The third-order valence-electron chi connectivity index (χ3n) is 3.84. The highest BCUT2D eigenvalue weighted by Crippen LogP contribution is 2.21. The quantitative estimate of drug-likeness (QED) is 0.715. The molecule has 0 saturated carbocycles. The molecule has 1 fully saturated rings. The Morgan fingerprint density at radius 2 is 1.85 bits per heavy atom. The van der Waals surface area contributed by atoms with Gasteiger partial charge in [0.1, 0.15) is 0 Å². The third kappa shape index (κ3) is 4.47. The highest BCUT2D eigenvalue weighted by Gasteiger charge is 2.28. The Kier molecular flexibility index (Phi) is 7.57. The molecule has 1 aliphatic rings. The lowest BCUT2D eigenvalue weighted by Gasteiger charge is -2.26. The summed E-state index contributed by atoms with van der Waals surface area (Å²) in [6.45, 7) is 4.30. The molecule has 1 heterocycles. The molecule has 1 unspecified atom stereocenters. The first kappa shape index (κ1) is 17.5. The molecule has 0 aliphatic carbocycles. The van der Waals surface area contributed by atoms with Gasteiger partial charge in [-0.15, -0.1) is 12.4 Å². The van der Waals surface area contributed by atoms with Crippen molar-refractivity contribution >= 4 is 29.8 Å². The average Bonchev–Trinajstić information content (AvgIpc) is 2.94. The van der Waals surface area contributed by atoms with Crippen molar-refractivity contribution in [3.8, 4) is 0 Å². The van der Waals surface area contributed by atoms with Crippen LogP contribution in [0.15, 0.2) is 24.3 Å². The fraction of sp³-hybridized carbons (Fsp3) is 0.562. The van der Waals surface area contributed by atoms with E-state index in [0.717, 1.165) is 37.9 Å². The van der Waals surface area contributed by atoms with Crippen molar-refractivity contribution in [1.29, 1.82) is 0 Å². The van der Waals surface area contributed by atoms with Crippen LogP contribution in [0.4, 0.5) is 0 Å². The largest absolute Gasteiger partial charge is 0.293 e. The van der Waals surface area contributed by atoms with Crippen LogP contribution in [0.25, 0.3) is 0 Å². The Balaban J connectivity index is 0.00000200. The monoisotopic (exact) mass is 315 g/mol. The summed E-state index contributed by atoms with van der Waals surface area (Å²) in [6.07, 6.45) is 5.66. The summed E-state index contributed by atoms with van der Waals surface area (Å²) >= 11 is 5.88. The predicted octanol–water partition coefficient (Wildman–Crippen LogP) is 4.60. The predicted molar refractivity (Wildman–Crippen MR) is 87.2 cm³/mol. The normalized spacial score (nSPS) is 16.7. The summed E-state index contributed by atoms with van der Waals surface area (Å²) in [5.74, 6) is 0.256. The molecule has 1 aliphatic heterocycles. The van der Waals surface area contributed by atoms with Gasteiger partial charge in [0.2, 0.25) is 0 Å². The molecule has 0 amide bonds. The van der Waals surface area contributed by atoms with Crippen LogP contribution in [0.1, 0.15) is 49.4 Å². The first-order valence-electron chi connectivity index (χ1n) is 7.26. The second-order valence-corrected chi connectivity index (χ2v) is 5.71. The number of rotatable bonds is 6. The smallest absolute Gasteiger partial charge is 0.179 e. The summed E-state index contributed by atoms with van der Waals surface area (Å²) in [6, 6.07) is 7.36. The van der Waals surface area contributed by atoms with Crippen molar-refractivity contribution in [3.05, 3.63) is 34.9 Å². The van der Waals surface area contributed by atoms with Crippen molar-refractivity contribution in [2.45, 2.75) is 45.1 Å².